The Morgan fingerprint density at radius 3 is 2.75 bits per heavy atom. The lowest BCUT2D eigenvalue weighted by Gasteiger charge is -2.37. The minimum atomic E-state index is -0.942. The van der Waals surface area contributed by atoms with E-state index in [9.17, 15) is 19.1 Å². The third-order valence-electron chi connectivity index (χ3n) is 5.96. The van der Waals surface area contributed by atoms with E-state index in [1.807, 2.05) is 13.0 Å². The zero-order valence-electron chi connectivity index (χ0n) is 16.2. The number of carboxylic acids is 1. The number of aliphatic carboxylic acids is 1. The fourth-order valence-electron chi connectivity index (χ4n) is 4.33. The predicted octanol–water partition coefficient (Wildman–Crippen LogP) is 3.14. The number of fused-ring (bicyclic) bond motifs is 1. The molecule has 0 spiro atoms. The highest BCUT2D eigenvalue weighted by molar-refractivity contribution is 5.95. The molecule has 1 atom stereocenters. The van der Waals surface area contributed by atoms with Crippen molar-refractivity contribution in [3.8, 4) is 5.69 Å². The van der Waals surface area contributed by atoms with Crippen molar-refractivity contribution in [3.05, 3.63) is 46.5 Å². The van der Waals surface area contributed by atoms with Crippen molar-refractivity contribution >= 4 is 11.9 Å². The maximum atomic E-state index is 14.5. The largest absolute Gasteiger partial charge is 0.481 e. The number of carbonyl (C=O) groups excluding carboxylic acids is 1. The van der Waals surface area contributed by atoms with E-state index in [-0.39, 0.29) is 18.3 Å². The molecule has 0 radical (unpaired) electrons. The number of halogens is 1. The van der Waals surface area contributed by atoms with Crippen molar-refractivity contribution in [3.63, 3.8) is 0 Å². The number of nitrogens with zero attached hydrogens (tertiary/aromatic N) is 3. The molecule has 1 aliphatic carbocycles. The number of rotatable bonds is 3. The van der Waals surface area contributed by atoms with Crippen LogP contribution in [0.1, 0.15) is 53.5 Å². The van der Waals surface area contributed by atoms with E-state index in [0.717, 1.165) is 36.1 Å². The molecule has 4 rings (SSSR count). The number of hydrogen-bond donors (Lipinski definition) is 1. The second-order valence-electron chi connectivity index (χ2n) is 8.19. The number of amides is 1. The SMILES string of the molecule is Cc1ccc(-n2nc(C(=O)N3CCCC(C)(C(=O)O)C3)c3c2CCC3)c(F)c1. The van der Waals surface area contributed by atoms with Gasteiger partial charge in [-0.1, -0.05) is 6.07 Å². The Bertz CT molecular complexity index is 968. The average molecular weight is 385 g/mol. The number of aromatic nitrogens is 2. The van der Waals surface area contributed by atoms with Gasteiger partial charge in [0.1, 0.15) is 11.5 Å². The molecule has 1 amide bonds. The predicted molar refractivity (Wildman–Crippen MR) is 101 cm³/mol. The molecule has 2 heterocycles. The second-order valence-corrected chi connectivity index (χ2v) is 8.19. The maximum absolute atomic E-state index is 14.5. The topological polar surface area (TPSA) is 75.4 Å². The summed E-state index contributed by atoms with van der Waals surface area (Å²) in [7, 11) is 0. The van der Waals surface area contributed by atoms with E-state index in [2.05, 4.69) is 5.10 Å². The molecular weight excluding hydrogens is 361 g/mol. The van der Waals surface area contributed by atoms with Crippen molar-refractivity contribution in [2.75, 3.05) is 13.1 Å². The maximum Gasteiger partial charge on any atom is 0.311 e. The minimum absolute atomic E-state index is 0.168. The van der Waals surface area contributed by atoms with Gasteiger partial charge >= 0.3 is 5.97 Å². The number of hydrogen-bond acceptors (Lipinski definition) is 3. The molecule has 2 aromatic rings. The van der Waals surface area contributed by atoms with Gasteiger partial charge in [-0.25, -0.2) is 9.07 Å². The molecule has 1 unspecified atom stereocenters. The van der Waals surface area contributed by atoms with Gasteiger partial charge in [-0.05, 0) is 63.6 Å². The Morgan fingerprint density at radius 2 is 2.04 bits per heavy atom. The van der Waals surface area contributed by atoms with Gasteiger partial charge in [0.15, 0.2) is 5.69 Å². The Morgan fingerprint density at radius 1 is 1.25 bits per heavy atom. The summed E-state index contributed by atoms with van der Waals surface area (Å²) < 4.78 is 16.1. The van der Waals surface area contributed by atoms with Gasteiger partial charge in [0.25, 0.3) is 5.91 Å². The minimum Gasteiger partial charge on any atom is -0.481 e. The van der Waals surface area contributed by atoms with E-state index >= 15 is 0 Å². The van der Waals surface area contributed by atoms with Gasteiger partial charge in [-0.15, -0.1) is 0 Å². The van der Waals surface area contributed by atoms with Crippen LogP contribution in [0, 0.1) is 18.2 Å². The summed E-state index contributed by atoms with van der Waals surface area (Å²) in [5, 5.41) is 14.0. The van der Waals surface area contributed by atoms with Crippen LogP contribution in [-0.4, -0.2) is 44.8 Å². The number of carbonyl (C=O) groups is 2. The van der Waals surface area contributed by atoms with Crippen LogP contribution in [0.4, 0.5) is 4.39 Å². The van der Waals surface area contributed by atoms with Gasteiger partial charge in [0.2, 0.25) is 0 Å². The highest BCUT2D eigenvalue weighted by Crippen LogP contribution is 2.33. The Kier molecular flexibility index (Phi) is 4.48. The smallest absolute Gasteiger partial charge is 0.311 e. The van der Waals surface area contributed by atoms with Crippen molar-refractivity contribution in [1.82, 2.24) is 14.7 Å². The van der Waals surface area contributed by atoms with Crippen LogP contribution < -0.4 is 0 Å². The van der Waals surface area contributed by atoms with Gasteiger partial charge < -0.3 is 10.0 Å². The van der Waals surface area contributed by atoms with Crippen molar-refractivity contribution in [2.24, 2.45) is 5.41 Å². The molecule has 148 valence electrons. The highest BCUT2D eigenvalue weighted by atomic mass is 19.1. The molecular formula is C21H24FN3O3. The van der Waals surface area contributed by atoms with E-state index in [1.54, 1.807) is 22.6 Å². The Hall–Kier alpha value is -2.70. The third-order valence-corrected chi connectivity index (χ3v) is 5.96. The molecule has 28 heavy (non-hydrogen) atoms. The van der Waals surface area contributed by atoms with Crippen LogP contribution >= 0.6 is 0 Å². The first-order valence-corrected chi connectivity index (χ1v) is 9.70. The molecule has 7 heteroatoms. The van der Waals surface area contributed by atoms with Crippen LogP contribution in [0.15, 0.2) is 18.2 Å². The van der Waals surface area contributed by atoms with Gasteiger partial charge in [0.05, 0.1) is 5.41 Å². The van der Waals surface area contributed by atoms with Crippen LogP contribution in [0.5, 0.6) is 0 Å². The van der Waals surface area contributed by atoms with Crippen molar-refractivity contribution in [1.29, 1.82) is 0 Å². The summed E-state index contributed by atoms with van der Waals surface area (Å²) in [5.74, 6) is -1.51. The fourth-order valence-corrected chi connectivity index (χ4v) is 4.33. The summed E-state index contributed by atoms with van der Waals surface area (Å²) in [5.41, 5.74) is 2.31. The summed E-state index contributed by atoms with van der Waals surface area (Å²) in [4.78, 5) is 26.4. The van der Waals surface area contributed by atoms with Crippen molar-refractivity contribution in [2.45, 2.75) is 46.0 Å². The first kappa shape index (κ1) is 18.7. The van der Waals surface area contributed by atoms with Crippen LogP contribution in [0.3, 0.4) is 0 Å². The molecule has 1 saturated heterocycles. The van der Waals surface area contributed by atoms with E-state index < -0.39 is 11.4 Å². The first-order chi connectivity index (χ1) is 13.3. The third kappa shape index (κ3) is 2.99. The zero-order valence-corrected chi connectivity index (χ0v) is 16.2. The van der Waals surface area contributed by atoms with Crippen LogP contribution in [-0.2, 0) is 17.6 Å². The summed E-state index contributed by atoms with van der Waals surface area (Å²) in [6.07, 6.45) is 3.56. The number of benzene rings is 1. The summed E-state index contributed by atoms with van der Waals surface area (Å²) >= 11 is 0. The molecule has 0 saturated carbocycles. The zero-order chi connectivity index (χ0) is 20.1. The summed E-state index contributed by atoms with van der Waals surface area (Å²) in [6, 6.07) is 4.97. The molecule has 1 aliphatic heterocycles. The monoisotopic (exact) mass is 385 g/mol. The van der Waals surface area contributed by atoms with Gasteiger partial charge in [-0.2, -0.15) is 5.10 Å². The second kappa shape index (κ2) is 6.72. The molecule has 1 aromatic heterocycles. The molecule has 2 aliphatic rings. The summed E-state index contributed by atoms with van der Waals surface area (Å²) in [6.45, 7) is 4.19. The van der Waals surface area contributed by atoms with E-state index in [4.69, 9.17) is 0 Å². The first-order valence-electron chi connectivity index (χ1n) is 9.70. The Labute approximate surface area is 163 Å². The Balaban J connectivity index is 1.71. The van der Waals surface area contributed by atoms with E-state index in [0.29, 0.717) is 30.8 Å². The standard InChI is InChI=1S/C21H24FN3O3/c1-13-7-8-17(15(22)11-13)25-16-6-3-5-14(16)18(23-25)19(26)24-10-4-9-21(2,12-24)20(27)28/h7-8,11H,3-6,9-10,12H2,1-2H3,(H,27,28). The van der Waals surface area contributed by atoms with Gasteiger partial charge in [0, 0.05) is 24.3 Å². The normalized spacial score (nSPS) is 21.6. The molecule has 0 bridgehead atoms. The molecule has 1 fully saturated rings. The number of piperidine rings is 1. The average Bonchev–Trinajstić information content (AvgIpc) is 3.24. The number of carboxylic acid groups (broad SMARTS) is 1. The lowest BCUT2D eigenvalue weighted by molar-refractivity contribution is -0.150. The number of aryl methyl sites for hydroxylation is 1. The van der Waals surface area contributed by atoms with Crippen LogP contribution in [0.25, 0.3) is 5.69 Å². The quantitative estimate of drug-likeness (QED) is 0.881. The van der Waals surface area contributed by atoms with E-state index in [1.165, 1.54) is 6.07 Å². The molecule has 1 N–H and O–H groups in total. The van der Waals surface area contributed by atoms with Gasteiger partial charge in [-0.3, -0.25) is 9.59 Å². The lowest BCUT2D eigenvalue weighted by Crippen LogP contribution is -2.48. The lowest BCUT2D eigenvalue weighted by atomic mass is 9.82. The fraction of sp³-hybridized carbons (Fsp3) is 0.476. The van der Waals surface area contributed by atoms with Crippen molar-refractivity contribution < 1.29 is 19.1 Å². The highest BCUT2D eigenvalue weighted by Gasteiger charge is 2.41. The molecule has 6 nitrogen and oxygen atoms in total. The van der Waals surface area contributed by atoms with Crippen LogP contribution in [0.2, 0.25) is 0 Å². The number of likely N-dealkylation sites (tertiary alicyclic amines) is 1. The molecule has 1 aromatic carbocycles.